The van der Waals surface area contributed by atoms with Crippen molar-refractivity contribution in [1.82, 2.24) is 5.32 Å². The summed E-state index contributed by atoms with van der Waals surface area (Å²) in [6.07, 6.45) is 6.46. The Kier molecular flexibility index (Phi) is 10.0. The fourth-order valence-electron chi connectivity index (χ4n) is 2.85. The average Bonchev–Trinajstić information content (AvgIpc) is 2.67. The Labute approximate surface area is 176 Å². The summed E-state index contributed by atoms with van der Waals surface area (Å²) in [5.41, 5.74) is 2.19. The van der Waals surface area contributed by atoms with E-state index in [0.717, 1.165) is 34.4 Å². The molecule has 0 saturated heterocycles. The largest absolute Gasteiger partial charge is 0.493 e. The van der Waals surface area contributed by atoms with Crippen LogP contribution in [0.1, 0.15) is 50.2 Å². The lowest BCUT2D eigenvalue weighted by atomic mass is 10.1. The molecule has 0 saturated carbocycles. The number of hydrogen-bond donors (Lipinski definition) is 1. The maximum Gasteiger partial charge on any atom is 0.162 e. The van der Waals surface area contributed by atoms with E-state index in [1.165, 1.54) is 32.1 Å². The molecule has 0 radical (unpaired) electrons. The van der Waals surface area contributed by atoms with E-state index in [2.05, 4.69) is 28.2 Å². The van der Waals surface area contributed by atoms with Gasteiger partial charge in [0.15, 0.2) is 11.5 Å². The molecule has 0 atom stereocenters. The van der Waals surface area contributed by atoms with Crippen molar-refractivity contribution in [3.63, 3.8) is 0 Å². The molecule has 0 amide bonds. The zero-order valence-electron chi connectivity index (χ0n) is 16.2. The molecule has 0 spiro atoms. The smallest absolute Gasteiger partial charge is 0.162 e. The maximum absolute atomic E-state index is 6.03. The summed E-state index contributed by atoms with van der Waals surface area (Å²) < 4.78 is 12.5. The van der Waals surface area contributed by atoms with Gasteiger partial charge in [0.1, 0.15) is 6.61 Å². The third-order valence-electron chi connectivity index (χ3n) is 4.39. The van der Waals surface area contributed by atoms with Gasteiger partial charge in [-0.3, -0.25) is 0 Å². The third kappa shape index (κ3) is 7.73. The van der Waals surface area contributed by atoms with Crippen LogP contribution in [0.4, 0.5) is 0 Å². The highest BCUT2D eigenvalue weighted by molar-refractivity contribution is 9.10. The van der Waals surface area contributed by atoms with Crippen molar-refractivity contribution in [3.05, 3.63) is 57.0 Å². The van der Waals surface area contributed by atoms with Crippen molar-refractivity contribution in [2.24, 2.45) is 0 Å². The minimum atomic E-state index is 0.443. The third-order valence-corrected chi connectivity index (χ3v) is 5.36. The van der Waals surface area contributed by atoms with Gasteiger partial charge < -0.3 is 14.8 Å². The Hall–Kier alpha value is -1.23. The van der Waals surface area contributed by atoms with Crippen LogP contribution in [0.2, 0.25) is 5.02 Å². The van der Waals surface area contributed by atoms with E-state index in [9.17, 15) is 0 Å². The van der Waals surface area contributed by atoms with E-state index >= 15 is 0 Å². The van der Waals surface area contributed by atoms with Crippen LogP contribution in [-0.4, -0.2) is 13.7 Å². The van der Waals surface area contributed by atoms with E-state index in [-0.39, 0.29) is 0 Å². The monoisotopic (exact) mass is 453 g/mol. The van der Waals surface area contributed by atoms with Gasteiger partial charge in [0.05, 0.1) is 7.11 Å². The highest BCUT2D eigenvalue weighted by Crippen LogP contribution is 2.34. The topological polar surface area (TPSA) is 30.5 Å². The number of rotatable bonds is 12. The number of ether oxygens (including phenoxy) is 2. The van der Waals surface area contributed by atoms with Gasteiger partial charge in [-0.15, -0.1) is 0 Å². The summed E-state index contributed by atoms with van der Waals surface area (Å²) in [4.78, 5) is 0. The van der Waals surface area contributed by atoms with Gasteiger partial charge in [-0.05, 0) is 48.4 Å². The molecule has 2 aromatic carbocycles. The van der Waals surface area contributed by atoms with Crippen LogP contribution < -0.4 is 14.8 Å². The Morgan fingerprint density at radius 2 is 1.85 bits per heavy atom. The van der Waals surface area contributed by atoms with Crippen molar-refractivity contribution >= 4 is 27.5 Å². The zero-order valence-corrected chi connectivity index (χ0v) is 18.5. The minimum absolute atomic E-state index is 0.443. The standard InChI is InChI=1S/C22H29BrClNO2/c1-3-4-5-6-7-11-25-15-18-13-21(26-2)22(14-20(18)23)27-16-17-9-8-10-19(24)12-17/h8-10,12-14,25H,3-7,11,15-16H2,1-2H3. The fraction of sp³-hybridized carbons (Fsp3) is 0.455. The molecular formula is C22H29BrClNO2. The molecule has 2 rings (SSSR count). The number of benzene rings is 2. The molecule has 148 valence electrons. The molecule has 0 aliphatic heterocycles. The predicted octanol–water partition coefficient (Wildman–Crippen LogP) is 6.75. The number of unbranched alkanes of at least 4 members (excludes halogenated alkanes) is 4. The summed E-state index contributed by atoms with van der Waals surface area (Å²) in [5, 5.41) is 4.22. The van der Waals surface area contributed by atoms with Crippen molar-refractivity contribution in [1.29, 1.82) is 0 Å². The fourth-order valence-corrected chi connectivity index (χ4v) is 3.52. The van der Waals surface area contributed by atoms with Crippen molar-refractivity contribution in [2.45, 2.75) is 52.2 Å². The Morgan fingerprint density at radius 3 is 2.59 bits per heavy atom. The number of methoxy groups -OCH3 is 1. The summed E-state index contributed by atoms with van der Waals surface area (Å²) in [6, 6.07) is 11.7. The zero-order chi connectivity index (χ0) is 19.5. The quantitative estimate of drug-likeness (QED) is 0.360. The van der Waals surface area contributed by atoms with Crippen molar-refractivity contribution in [2.75, 3.05) is 13.7 Å². The molecule has 0 aromatic heterocycles. The van der Waals surface area contributed by atoms with Gasteiger partial charge >= 0.3 is 0 Å². The number of halogens is 2. The molecule has 27 heavy (non-hydrogen) atoms. The minimum Gasteiger partial charge on any atom is -0.493 e. The molecule has 0 unspecified atom stereocenters. The first-order chi connectivity index (χ1) is 13.1. The van der Waals surface area contributed by atoms with Crippen LogP contribution >= 0.6 is 27.5 Å². The summed E-state index contributed by atoms with van der Waals surface area (Å²) in [6.45, 7) is 4.52. The van der Waals surface area contributed by atoms with Gasteiger partial charge in [0.25, 0.3) is 0 Å². The molecular weight excluding hydrogens is 426 g/mol. The van der Waals surface area contributed by atoms with E-state index in [1.807, 2.05) is 36.4 Å². The van der Waals surface area contributed by atoms with Crippen LogP contribution in [0.3, 0.4) is 0 Å². The van der Waals surface area contributed by atoms with E-state index in [0.29, 0.717) is 17.4 Å². The second kappa shape index (κ2) is 12.3. The summed E-state index contributed by atoms with van der Waals surface area (Å²) >= 11 is 9.69. The van der Waals surface area contributed by atoms with Gasteiger partial charge in [-0.2, -0.15) is 0 Å². The van der Waals surface area contributed by atoms with Crippen LogP contribution in [-0.2, 0) is 13.2 Å². The number of nitrogens with one attached hydrogen (secondary N) is 1. The Bertz CT molecular complexity index is 709. The molecule has 0 heterocycles. The Balaban J connectivity index is 1.89. The van der Waals surface area contributed by atoms with Gasteiger partial charge in [-0.1, -0.05) is 72.3 Å². The molecule has 3 nitrogen and oxygen atoms in total. The molecule has 5 heteroatoms. The summed E-state index contributed by atoms with van der Waals surface area (Å²) in [7, 11) is 1.67. The van der Waals surface area contributed by atoms with E-state index in [1.54, 1.807) is 7.11 Å². The normalized spacial score (nSPS) is 10.8. The first kappa shape index (κ1) is 22.1. The SMILES string of the molecule is CCCCCCCNCc1cc(OC)c(OCc2cccc(Cl)c2)cc1Br. The highest BCUT2D eigenvalue weighted by atomic mass is 79.9. The first-order valence-corrected chi connectivity index (χ1v) is 10.8. The molecule has 0 aliphatic carbocycles. The van der Waals surface area contributed by atoms with E-state index < -0.39 is 0 Å². The Morgan fingerprint density at radius 1 is 1.04 bits per heavy atom. The lowest BCUT2D eigenvalue weighted by molar-refractivity contribution is 0.284. The second-order valence-corrected chi connectivity index (χ2v) is 7.89. The first-order valence-electron chi connectivity index (χ1n) is 9.58. The second-order valence-electron chi connectivity index (χ2n) is 6.60. The average molecular weight is 455 g/mol. The molecule has 0 aliphatic rings. The maximum atomic E-state index is 6.03. The highest BCUT2D eigenvalue weighted by Gasteiger charge is 2.11. The van der Waals surface area contributed by atoms with E-state index in [4.69, 9.17) is 21.1 Å². The van der Waals surface area contributed by atoms with Crippen LogP contribution in [0.15, 0.2) is 40.9 Å². The lowest BCUT2D eigenvalue weighted by Gasteiger charge is -2.15. The predicted molar refractivity (Wildman–Crippen MR) is 117 cm³/mol. The van der Waals surface area contributed by atoms with Gasteiger partial charge in [-0.25, -0.2) is 0 Å². The van der Waals surface area contributed by atoms with Gasteiger partial charge in [0.2, 0.25) is 0 Å². The molecule has 0 fully saturated rings. The lowest BCUT2D eigenvalue weighted by Crippen LogP contribution is -2.15. The van der Waals surface area contributed by atoms with Crippen LogP contribution in [0, 0.1) is 0 Å². The molecule has 0 bridgehead atoms. The number of hydrogen-bond acceptors (Lipinski definition) is 3. The van der Waals surface area contributed by atoms with Crippen LogP contribution in [0.25, 0.3) is 0 Å². The van der Waals surface area contributed by atoms with Crippen molar-refractivity contribution < 1.29 is 9.47 Å². The molecule has 1 N–H and O–H groups in total. The van der Waals surface area contributed by atoms with Crippen LogP contribution in [0.5, 0.6) is 11.5 Å². The van der Waals surface area contributed by atoms with Crippen molar-refractivity contribution in [3.8, 4) is 11.5 Å². The summed E-state index contributed by atoms with van der Waals surface area (Å²) in [5.74, 6) is 1.45. The molecule has 2 aromatic rings. The van der Waals surface area contributed by atoms with Gasteiger partial charge in [0, 0.05) is 16.0 Å².